The summed E-state index contributed by atoms with van der Waals surface area (Å²) in [6.45, 7) is 9.50. The minimum Gasteiger partial charge on any atom is -0.357 e. The summed E-state index contributed by atoms with van der Waals surface area (Å²) in [6, 6.07) is 1.35. The number of guanidine groups is 1. The molecule has 1 saturated carbocycles. The van der Waals surface area contributed by atoms with Crippen LogP contribution in [0.1, 0.15) is 51.0 Å². The van der Waals surface area contributed by atoms with E-state index in [2.05, 4.69) is 40.1 Å². The number of likely N-dealkylation sites (tertiary alicyclic amines) is 1. The van der Waals surface area contributed by atoms with Crippen molar-refractivity contribution in [2.75, 3.05) is 19.6 Å². The molecular formula is C19H33IN6. The van der Waals surface area contributed by atoms with Crippen LogP contribution in [0.25, 0.3) is 0 Å². The highest BCUT2D eigenvalue weighted by Crippen LogP contribution is 2.31. The average molecular weight is 472 g/mol. The fraction of sp³-hybridized carbons (Fsp3) is 0.789. The molecule has 7 heteroatoms. The summed E-state index contributed by atoms with van der Waals surface area (Å²) in [7, 11) is 0. The van der Waals surface area contributed by atoms with Crippen LogP contribution in [0.15, 0.2) is 11.2 Å². The largest absolute Gasteiger partial charge is 0.357 e. The summed E-state index contributed by atoms with van der Waals surface area (Å²) < 4.78 is 2.31. The molecule has 4 rings (SSSR count). The van der Waals surface area contributed by atoms with Crippen LogP contribution < -0.4 is 10.6 Å². The monoisotopic (exact) mass is 472 g/mol. The molecule has 0 bridgehead atoms. The van der Waals surface area contributed by atoms with Gasteiger partial charge in [-0.15, -0.1) is 24.0 Å². The first-order chi connectivity index (χ1) is 12.2. The first-order valence-electron chi connectivity index (χ1n) is 10.1. The summed E-state index contributed by atoms with van der Waals surface area (Å²) in [5.41, 5.74) is 1.09. The predicted molar refractivity (Wildman–Crippen MR) is 116 cm³/mol. The minimum atomic E-state index is 0. The smallest absolute Gasteiger partial charge is 0.191 e. The van der Waals surface area contributed by atoms with Gasteiger partial charge in [0.05, 0.1) is 12.2 Å². The van der Waals surface area contributed by atoms with Crippen molar-refractivity contribution in [2.45, 2.75) is 71.1 Å². The molecule has 1 aliphatic carbocycles. The molecule has 1 aromatic heterocycles. The Hall–Kier alpha value is -0.830. The quantitative estimate of drug-likeness (QED) is 0.393. The van der Waals surface area contributed by atoms with Crippen LogP contribution in [0.5, 0.6) is 0 Å². The van der Waals surface area contributed by atoms with Crippen LogP contribution >= 0.6 is 24.0 Å². The van der Waals surface area contributed by atoms with Crippen molar-refractivity contribution in [1.82, 2.24) is 25.1 Å². The van der Waals surface area contributed by atoms with Gasteiger partial charge in [-0.05, 0) is 38.5 Å². The van der Waals surface area contributed by atoms with Gasteiger partial charge < -0.3 is 15.2 Å². The van der Waals surface area contributed by atoms with Crippen LogP contribution in [0, 0.1) is 5.92 Å². The molecule has 6 nitrogen and oxygen atoms in total. The van der Waals surface area contributed by atoms with Gasteiger partial charge in [-0.25, -0.2) is 9.98 Å². The maximum Gasteiger partial charge on any atom is 0.191 e. The topological polar surface area (TPSA) is 57.5 Å². The third-order valence-electron chi connectivity index (χ3n) is 5.73. The van der Waals surface area contributed by atoms with E-state index in [0.29, 0.717) is 18.5 Å². The third-order valence-corrected chi connectivity index (χ3v) is 5.73. The molecule has 2 N–H and O–H groups in total. The normalized spacial score (nSPS) is 26.3. The maximum absolute atomic E-state index is 4.81. The predicted octanol–water partition coefficient (Wildman–Crippen LogP) is 2.38. The van der Waals surface area contributed by atoms with E-state index in [1.54, 1.807) is 0 Å². The van der Waals surface area contributed by atoms with Crippen molar-refractivity contribution in [3.8, 4) is 0 Å². The molecule has 3 heterocycles. The fourth-order valence-electron chi connectivity index (χ4n) is 4.13. The Morgan fingerprint density at radius 2 is 2.15 bits per heavy atom. The van der Waals surface area contributed by atoms with E-state index in [4.69, 9.17) is 9.98 Å². The number of aryl methyl sites for hydroxylation is 2. The number of nitrogens with one attached hydrogen (secondary N) is 2. The van der Waals surface area contributed by atoms with E-state index in [0.717, 1.165) is 43.8 Å². The van der Waals surface area contributed by atoms with E-state index in [1.165, 1.54) is 38.1 Å². The van der Waals surface area contributed by atoms with Gasteiger partial charge in [0.25, 0.3) is 0 Å². The lowest BCUT2D eigenvalue weighted by atomic mass is 10.1. The Morgan fingerprint density at radius 1 is 1.31 bits per heavy atom. The number of hydrogen-bond donors (Lipinski definition) is 2. The highest BCUT2D eigenvalue weighted by atomic mass is 127. The lowest BCUT2D eigenvalue weighted by molar-refractivity contribution is 0.315. The Kier molecular flexibility index (Phi) is 6.82. The Morgan fingerprint density at radius 3 is 2.88 bits per heavy atom. The van der Waals surface area contributed by atoms with Crippen molar-refractivity contribution in [3.63, 3.8) is 0 Å². The maximum atomic E-state index is 4.81. The molecular weight excluding hydrogens is 439 g/mol. The zero-order chi connectivity index (χ0) is 17.2. The fourth-order valence-corrected chi connectivity index (χ4v) is 4.13. The van der Waals surface area contributed by atoms with Crippen molar-refractivity contribution < 1.29 is 0 Å². The number of rotatable bonds is 5. The van der Waals surface area contributed by atoms with Crippen LogP contribution in [-0.2, 0) is 19.5 Å². The second-order valence-electron chi connectivity index (χ2n) is 7.91. The number of nitrogens with zero attached hydrogens (tertiary/aromatic N) is 4. The zero-order valence-electron chi connectivity index (χ0n) is 16.1. The molecule has 0 amide bonds. The average Bonchev–Trinajstić information content (AvgIpc) is 3.27. The van der Waals surface area contributed by atoms with Gasteiger partial charge in [-0.1, -0.05) is 6.92 Å². The molecule has 146 valence electrons. The molecule has 2 aliphatic heterocycles. The highest BCUT2D eigenvalue weighted by Gasteiger charge is 2.38. The van der Waals surface area contributed by atoms with Crippen molar-refractivity contribution >= 4 is 29.9 Å². The standard InChI is InChI=1S/C19H32N6.HI/c1-3-20-19(23-17-13-25(11-14(17)2)16-7-8-16)21-10-15-12-24-9-5-4-6-18(24)22-15;/h12,14,16-17H,3-11,13H2,1-2H3,(H2,20,21,23);1H. The van der Waals surface area contributed by atoms with Gasteiger partial charge in [-0.3, -0.25) is 4.90 Å². The van der Waals surface area contributed by atoms with Crippen LogP contribution in [-0.4, -0.2) is 52.1 Å². The lowest BCUT2D eigenvalue weighted by Gasteiger charge is -2.20. The van der Waals surface area contributed by atoms with Gasteiger partial charge in [-0.2, -0.15) is 0 Å². The molecule has 3 aliphatic rings. The third kappa shape index (κ3) is 4.71. The molecule has 26 heavy (non-hydrogen) atoms. The molecule has 2 unspecified atom stereocenters. The summed E-state index contributed by atoms with van der Waals surface area (Å²) >= 11 is 0. The van der Waals surface area contributed by atoms with E-state index in [9.17, 15) is 0 Å². The highest BCUT2D eigenvalue weighted by molar-refractivity contribution is 14.0. The Labute approximate surface area is 174 Å². The first kappa shape index (κ1) is 19.9. The summed E-state index contributed by atoms with van der Waals surface area (Å²) in [4.78, 5) is 12.2. The summed E-state index contributed by atoms with van der Waals surface area (Å²) in [5.74, 6) is 2.84. The number of aromatic nitrogens is 2. The number of fused-ring (bicyclic) bond motifs is 1. The van der Waals surface area contributed by atoms with Crippen LogP contribution in [0.3, 0.4) is 0 Å². The molecule has 0 radical (unpaired) electrons. The van der Waals surface area contributed by atoms with Gasteiger partial charge >= 0.3 is 0 Å². The second-order valence-corrected chi connectivity index (χ2v) is 7.91. The van der Waals surface area contributed by atoms with Gasteiger partial charge in [0.15, 0.2) is 5.96 Å². The van der Waals surface area contributed by atoms with Gasteiger partial charge in [0.1, 0.15) is 5.82 Å². The lowest BCUT2D eigenvalue weighted by Crippen LogP contribution is -2.46. The SMILES string of the molecule is CCNC(=NCc1cn2c(n1)CCCC2)NC1CN(C2CC2)CC1C.I. The molecule has 2 atom stereocenters. The van der Waals surface area contributed by atoms with Crippen LogP contribution in [0.2, 0.25) is 0 Å². The number of hydrogen-bond acceptors (Lipinski definition) is 3. The Bertz CT molecular complexity index is 600. The molecule has 1 saturated heterocycles. The van der Waals surface area contributed by atoms with E-state index < -0.39 is 0 Å². The first-order valence-corrected chi connectivity index (χ1v) is 10.1. The number of aliphatic imine (C=N–C) groups is 1. The van der Waals surface area contributed by atoms with Crippen LogP contribution in [0.4, 0.5) is 0 Å². The van der Waals surface area contributed by atoms with Crippen molar-refractivity contribution in [2.24, 2.45) is 10.9 Å². The second kappa shape index (κ2) is 8.91. The van der Waals surface area contributed by atoms with E-state index in [-0.39, 0.29) is 24.0 Å². The summed E-state index contributed by atoms with van der Waals surface area (Å²) in [5, 5.41) is 7.08. The van der Waals surface area contributed by atoms with E-state index >= 15 is 0 Å². The number of halogens is 1. The molecule has 0 spiro atoms. The van der Waals surface area contributed by atoms with Crippen molar-refractivity contribution in [1.29, 1.82) is 0 Å². The molecule has 0 aromatic carbocycles. The molecule has 1 aromatic rings. The Balaban J connectivity index is 0.00000196. The molecule has 2 fully saturated rings. The van der Waals surface area contributed by atoms with Crippen molar-refractivity contribution in [3.05, 3.63) is 17.7 Å². The summed E-state index contributed by atoms with van der Waals surface area (Å²) in [6.07, 6.45) is 8.61. The zero-order valence-corrected chi connectivity index (χ0v) is 18.4. The van der Waals surface area contributed by atoms with Gasteiger partial charge in [0, 0.05) is 50.9 Å². The number of imidazole rings is 1. The van der Waals surface area contributed by atoms with Gasteiger partial charge in [0.2, 0.25) is 0 Å². The van der Waals surface area contributed by atoms with E-state index in [1.807, 2.05) is 0 Å². The minimum absolute atomic E-state index is 0.